The van der Waals surface area contributed by atoms with Gasteiger partial charge < -0.3 is 10.0 Å². The minimum atomic E-state index is -1.35. The third-order valence-corrected chi connectivity index (χ3v) is 2.28. The zero-order chi connectivity index (χ0) is 13.2. The summed E-state index contributed by atoms with van der Waals surface area (Å²) < 4.78 is 27.3. The molecule has 0 fully saturated rings. The lowest BCUT2D eigenvalue weighted by molar-refractivity contribution is 0.0695. The van der Waals surface area contributed by atoms with Crippen molar-refractivity contribution in [3.8, 4) is 0 Å². The maximum atomic E-state index is 13.6. The molecule has 0 aliphatic heterocycles. The highest BCUT2D eigenvalue weighted by Gasteiger charge is 2.18. The van der Waals surface area contributed by atoms with Crippen molar-refractivity contribution in [2.45, 2.75) is 13.8 Å². The van der Waals surface area contributed by atoms with E-state index in [1.165, 1.54) is 4.90 Å². The van der Waals surface area contributed by atoms with E-state index in [1.54, 1.807) is 7.05 Å². The minimum Gasteiger partial charge on any atom is -0.478 e. The van der Waals surface area contributed by atoms with Gasteiger partial charge >= 0.3 is 5.97 Å². The molecule has 0 atom stereocenters. The van der Waals surface area contributed by atoms with Crippen LogP contribution in [0.2, 0.25) is 0 Å². The first kappa shape index (κ1) is 13.4. The molecule has 1 rings (SSSR count). The van der Waals surface area contributed by atoms with Crippen LogP contribution in [0.1, 0.15) is 24.2 Å². The molecule has 94 valence electrons. The number of nitrogens with zero attached hydrogens (tertiary/aromatic N) is 1. The molecule has 1 N–H and O–H groups in total. The van der Waals surface area contributed by atoms with Crippen LogP contribution in [0.3, 0.4) is 0 Å². The summed E-state index contributed by atoms with van der Waals surface area (Å²) in [4.78, 5) is 12.1. The van der Waals surface area contributed by atoms with Crippen molar-refractivity contribution in [3.05, 3.63) is 29.3 Å². The van der Waals surface area contributed by atoms with Crippen molar-refractivity contribution in [1.82, 2.24) is 0 Å². The Balaban J connectivity index is 3.13. The van der Waals surface area contributed by atoms with E-state index in [0.717, 1.165) is 12.1 Å². The number of carbonyl (C=O) groups is 1. The van der Waals surface area contributed by atoms with Crippen molar-refractivity contribution in [2.75, 3.05) is 18.5 Å². The van der Waals surface area contributed by atoms with Gasteiger partial charge in [0.25, 0.3) is 0 Å². The summed E-state index contributed by atoms with van der Waals surface area (Å²) in [7, 11) is 1.57. The highest BCUT2D eigenvalue weighted by Crippen LogP contribution is 2.24. The summed E-state index contributed by atoms with van der Waals surface area (Å²) in [5.41, 5.74) is -0.578. The Morgan fingerprint density at radius 3 is 2.18 bits per heavy atom. The highest BCUT2D eigenvalue weighted by atomic mass is 19.1. The number of hydrogen-bond donors (Lipinski definition) is 1. The molecule has 0 saturated carbocycles. The van der Waals surface area contributed by atoms with E-state index in [0.29, 0.717) is 6.54 Å². The third-order valence-electron chi connectivity index (χ3n) is 2.28. The van der Waals surface area contributed by atoms with E-state index in [-0.39, 0.29) is 17.2 Å². The van der Waals surface area contributed by atoms with Crippen LogP contribution in [0.5, 0.6) is 0 Å². The summed E-state index contributed by atoms with van der Waals surface area (Å²) in [6.07, 6.45) is 0. The van der Waals surface area contributed by atoms with E-state index in [1.807, 2.05) is 13.8 Å². The largest absolute Gasteiger partial charge is 0.478 e. The lowest BCUT2D eigenvalue weighted by atomic mass is 10.1. The molecule has 17 heavy (non-hydrogen) atoms. The zero-order valence-corrected chi connectivity index (χ0v) is 10.00. The molecule has 5 heteroatoms. The van der Waals surface area contributed by atoms with Gasteiger partial charge in [0, 0.05) is 13.6 Å². The Morgan fingerprint density at radius 1 is 1.35 bits per heavy atom. The van der Waals surface area contributed by atoms with Crippen LogP contribution in [0.4, 0.5) is 14.5 Å². The van der Waals surface area contributed by atoms with Gasteiger partial charge in [0.05, 0.1) is 5.56 Å². The van der Waals surface area contributed by atoms with Crippen molar-refractivity contribution in [3.63, 3.8) is 0 Å². The van der Waals surface area contributed by atoms with Crippen molar-refractivity contribution in [1.29, 1.82) is 0 Å². The van der Waals surface area contributed by atoms with Crippen LogP contribution in [0.25, 0.3) is 0 Å². The molecule has 0 saturated heterocycles. The summed E-state index contributed by atoms with van der Waals surface area (Å²) >= 11 is 0. The Labute approximate surface area is 98.7 Å². The number of carboxylic acids is 1. The van der Waals surface area contributed by atoms with Crippen molar-refractivity contribution < 1.29 is 18.7 Å². The molecule has 0 aliphatic carbocycles. The average molecular weight is 243 g/mol. The fourth-order valence-electron chi connectivity index (χ4n) is 1.69. The second-order valence-corrected chi connectivity index (χ2v) is 4.37. The van der Waals surface area contributed by atoms with Gasteiger partial charge in [0.1, 0.15) is 17.3 Å². The Bertz CT molecular complexity index is 410. The van der Waals surface area contributed by atoms with Crippen LogP contribution in [0.15, 0.2) is 12.1 Å². The molecule has 1 aromatic rings. The fourth-order valence-corrected chi connectivity index (χ4v) is 1.69. The molecular formula is C12H15F2NO2. The normalized spacial score (nSPS) is 10.7. The Morgan fingerprint density at radius 2 is 1.82 bits per heavy atom. The first-order valence-corrected chi connectivity index (χ1v) is 5.26. The minimum absolute atomic E-state index is 0.191. The van der Waals surface area contributed by atoms with Crippen molar-refractivity contribution in [2.24, 2.45) is 5.92 Å². The quantitative estimate of drug-likeness (QED) is 0.884. The lowest BCUT2D eigenvalue weighted by Gasteiger charge is -2.22. The molecule has 3 nitrogen and oxygen atoms in total. The van der Waals surface area contributed by atoms with Crippen LogP contribution in [0, 0.1) is 17.6 Å². The maximum Gasteiger partial charge on any atom is 0.335 e. The molecule has 1 aromatic carbocycles. The van der Waals surface area contributed by atoms with E-state index >= 15 is 0 Å². The van der Waals surface area contributed by atoms with Gasteiger partial charge in [0.2, 0.25) is 0 Å². The number of aromatic carboxylic acids is 1. The van der Waals surface area contributed by atoms with Crippen LogP contribution in [-0.2, 0) is 0 Å². The van der Waals surface area contributed by atoms with Gasteiger partial charge in [-0.3, -0.25) is 0 Å². The van der Waals surface area contributed by atoms with Gasteiger partial charge in [-0.2, -0.15) is 0 Å². The van der Waals surface area contributed by atoms with E-state index in [4.69, 9.17) is 5.11 Å². The fraction of sp³-hybridized carbons (Fsp3) is 0.417. The monoisotopic (exact) mass is 243 g/mol. The van der Waals surface area contributed by atoms with E-state index in [9.17, 15) is 13.6 Å². The molecule has 0 bridgehead atoms. The van der Waals surface area contributed by atoms with Crippen LogP contribution < -0.4 is 4.90 Å². The maximum absolute atomic E-state index is 13.6. The van der Waals surface area contributed by atoms with Crippen LogP contribution >= 0.6 is 0 Å². The first-order chi connectivity index (χ1) is 7.82. The Hall–Kier alpha value is -1.65. The van der Waals surface area contributed by atoms with E-state index < -0.39 is 17.6 Å². The predicted octanol–water partition coefficient (Wildman–Crippen LogP) is 2.76. The summed E-state index contributed by atoms with van der Waals surface area (Å²) in [6, 6.07) is 1.66. The number of benzene rings is 1. The number of hydrogen-bond acceptors (Lipinski definition) is 2. The van der Waals surface area contributed by atoms with Gasteiger partial charge in [-0.1, -0.05) is 13.8 Å². The lowest BCUT2D eigenvalue weighted by Crippen LogP contribution is -2.24. The molecule has 0 radical (unpaired) electrons. The number of halogens is 2. The SMILES string of the molecule is CC(C)CN(C)c1c(F)cc(C(=O)O)cc1F. The summed E-state index contributed by atoms with van der Waals surface area (Å²) in [5.74, 6) is -2.81. The average Bonchev–Trinajstić information content (AvgIpc) is 2.14. The first-order valence-electron chi connectivity index (χ1n) is 5.26. The number of rotatable bonds is 4. The van der Waals surface area contributed by atoms with Gasteiger partial charge in [0.15, 0.2) is 0 Å². The van der Waals surface area contributed by atoms with Gasteiger partial charge in [-0.05, 0) is 18.1 Å². The van der Waals surface area contributed by atoms with Crippen molar-refractivity contribution >= 4 is 11.7 Å². The summed E-state index contributed by atoms with van der Waals surface area (Å²) in [5, 5.41) is 8.66. The molecular weight excluding hydrogens is 228 g/mol. The van der Waals surface area contributed by atoms with Gasteiger partial charge in [-0.25, -0.2) is 13.6 Å². The molecule has 0 heterocycles. The number of carboxylic acid groups (broad SMARTS) is 1. The highest BCUT2D eigenvalue weighted by molar-refractivity contribution is 5.88. The molecule has 0 spiro atoms. The van der Waals surface area contributed by atoms with Gasteiger partial charge in [-0.15, -0.1) is 0 Å². The summed E-state index contributed by atoms with van der Waals surface area (Å²) in [6.45, 7) is 4.34. The Kier molecular flexibility index (Phi) is 4.04. The predicted molar refractivity (Wildman–Crippen MR) is 61.4 cm³/mol. The second kappa shape index (κ2) is 5.12. The molecule has 0 aliphatic rings. The topological polar surface area (TPSA) is 40.5 Å². The third kappa shape index (κ3) is 3.15. The zero-order valence-electron chi connectivity index (χ0n) is 10.00. The van der Waals surface area contributed by atoms with E-state index in [2.05, 4.69) is 0 Å². The molecule has 0 unspecified atom stereocenters. The number of anilines is 1. The second-order valence-electron chi connectivity index (χ2n) is 4.37. The molecule has 0 aromatic heterocycles. The standard InChI is InChI=1S/C12H15F2NO2/c1-7(2)6-15(3)11-9(13)4-8(12(16)17)5-10(11)14/h4-5,7H,6H2,1-3H3,(H,16,17). The van der Waals surface area contributed by atoms with Crippen LogP contribution in [-0.4, -0.2) is 24.7 Å². The molecule has 0 amide bonds. The smallest absolute Gasteiger partial charge is 0.335 e.